The Morgan fingerprint density at radius 3 is 0.830 bits per heavy atom. The molecule has 0 bridgehead atoms. The smallest absolute Gasteiger partial charge is 0.310 e. The Kier molecular flexibility index (Phi) is 12.2. The number of esters is 3. The lowest BCUT2D eigenvalue weighted by atomic mass is 10.0. The number of benzene rings is 6. The van der Waals surface area contributed by atoms with Gasteiger partial charge in [0.15, 0.2) is 0 Å². The molecule has 0 fully saturated rings. The standard InChI is InChI=1S/C46H41NO6/c47-46(31-51-43(48)28-34-16-22-40(23-17-34)37-10-4-1-5-11-37,32-52-44(49)29-35-18-24-41(25-19-35)38-12-6-2-7-13-38)33-53-45(50)30-36-20-26-42(27-21-36)39-14-8-3-9-15-39/h1-27H,28-33,47H2. The Labute approximate surface area is 310 Å². The van der Waals surface area contributed by atoms with Gasteiger partial charge in [0, 0.05) is 0 Å². The molecule has 0 aliphatic rings. The molecule has 0 amide bonds. The van der Waals surface area contributed by atoms with E-state index in [2.05, 4.69) is 0 Å². The number of nitrogens with two attached hydrogens (primary N) is 1. The summed E-state index contributed by atoms with van der Waals surface area (Å²) in [6.45, 7) is -0.982. The fourth-order valence-corrected chi connectivity index (χ4v) is 5.79. The van der Waals surface area contributed by atoms with E-state index in [1.54, 1.807) is 0 Å². The minimum Gasteiger partial charge on any atom is -0.463 e. The predicted molar refractivity (Wildman–Crippen MR) is 207 cm³/mol. The topological polar surface area (TPSA) is 105 Å². The molecule has 6 aromatic rings. The first-order valence-electron chi connectivity index (χ1n) is 17.5. The molecule has 0 unspecified atom stereocenters. The van der Waals surface area contributed by atoms with E-state index in [1.165, 1.54) is 0 Å². The van der Waals surface area contributed by atoms with Crippen molar-refractivity contribution in [3.8, 4) is 33.4 Å². The second kappa shape index (κ2) is 17.8. The highest BCUT2D eigenvalue weighted by Crippen LogP contribution is 2.22. The third kappa shape index (κ3) is 10.8. The molecule has 0 aromatic heterocycles. The van der Waals surface area contributed by atoms with E-state index >= 15 is 0 Å². The Balaban J connectivity index is 1.05. The maximum absolute atomic E-state index is 12.9. The summed E-state index contributed by atoms with van der Waals surface area (Å²) in [4.78, 5) is 38.8. The van der Waals surface area contributed by atoms with Crippen LogP contribution in [-0.2, 0) is 47.9 Å². The molecule has 0 saturated carbocycles. The third-order valence-electron chi connectivity index (χ3n) is 8.79. The van der Waals surface area contributed by atoms with Crippen LogP contribution in [0.4, 0.5) is 0 Å². The van der Waals surface area contributed by atoms with Crippen molar-refractivity contribution in [1.29, 1.82) is 0 Å². The molecule has 7 heteroatoms. The summed E-state index contributed by atoms with van der Waals surface area (Å²) < 4.78 is 16.8. The van der Waals surface area contributed by atoms with Gasteiger partial charge in [0.2, 0.25) is 0 Å². The van der Waals surface area contributed by atoms with Gasteiger partial charge in [0.25, 0.3) is 0 Å². The number of carbonyl (C=O) groups excluding carboxylic acids is 3. The zero-order valence-electron chi connectivity index (χ0n) is 29.4. The fourth-order valence-electron chi connectivity index (χ4n) is 5.79. The van der Waals surface area contributed by atoms with Crippen LogP contribution in [-0.4, -0.2) is 43.3 Å². The van der Waals surface area contributed by atoms with Crippen LogP contribution in [0, 0.1) is 0 Å². The van der Waals surface area contributed by atoms with Crippen LogP contribution in [0.15, 0.2) is 164 Å². The molecule has 0 radical (unpaired) electrons. The number of ether oxygens (including phenoxy) is 3. The monoisotopic (exact) mass is 703 g/mol. The quantitative estimate of drug-likeness (QED) is 0.0853. The van der Waals surface area contributed by atoms with E-state index < -0.39 is 23.4 Å². The van der Waals surface area contributed by atoms with Gasteiger partial charge in [-0.25, -0.2) is 0 Å². The largest absolute Gasteiger partial charge is 0.463 e. The molecule has 2 N–H and O–H groups in total. The summed E-state index contributed by atoms with van der Waals surface area (Å²) >= 11 is 0. The van der Waals surface area contributed by atoms with Crippen LogP contribution in [0.25, 0.3) is 33.4 Å². The maximum atomic E-state index is 12.9. The summed E-state index contributed by atoms with van der Waals surface area (Å²) in [7, 11) is 0. The summed E-state index contributed by atoms with van der Waals surface area (Å²) in [5.41, 5.74) is 13.8. The number of rotatable bonds is 15. The average Bonchev–Trinajstić information content (AvgIpc) is 3.20. The van der Waals surface area contributed by atoms with Crippen molar-refractivity contribution in [2.75, 3.05) is 19.8 Å². The molecule has 6 rings (SSSR count). The molecule has 0 heterocycles. The number of hydrogen-bond acceptors (Lipinski definition) is 7. The number of carbonyl (C=O) groups is 3. The van der Waals surface area contributed by atoms with Gasteiger partial charge in [-0.05, 0) is 50.1 Å². The molecule has 266 valence electrons. The molecule has 0 saturated heterocycles. The zero-order chi connectivity index (χ0) is 36.9. The Bertz CT molecular complexity index is 1840. The molecule has 6 aromatic carbocycles. The lowest BCUT2D eigenvalue weighted by Gasteiger charge is -2.28. The highest BCUT2D eigenvalue weighted by Gasteiger charge is 2.32. The molecular formula is C46H41NO6. The van der Waals surface area contributed by atoms with Crippen LogP contribution < -0.4 is 5.73 Å². The van der Waals surface area contributed by atoms with Crippen LogP contribution in [0.2, 0.25) is 0 Å². The predicted octanol–water partition coefficient (Wildman–Crippen LogP) is 8.04. The summed E-state index contributed by atoms with van der Waals surface area (Å²) in [5, 5.41) is 0. The second-order valence-corrected chi connectivity index (χ2v) is 13.1. The summed E-state index contributed by atoms with van der Waals surface area (Å²) in [6, 6.07) is 52.8. The van der Waals surface area contributed by atoms with Crippen molar-refractivity contribution >= 4 is 17.9 Å². The van der Waals surface area contributed by atoms with Crippen LogP contribution in [0.5, 0.6) is 0 Å². The Morgan fingerprint density at radius 2 is 0.585 bits per heavy atom. The molecule has 0 spiro atoms. The van der Waals surface area contributed by atoms with Gasteiger partial charge >= 0.3 is 17.9 Å². The summed E-state index contributed by atoms with van der Waals surface area (Å²) in [5.74, 6) is -1.54. The zero-order valence-corrected chi connectivity index (χ0v) is 29.4. The highest BCUT2D eigenvalue weighted by molar-refractivity contribution is 5.75. The molecular weight excluding hydrogens is 663 g/mol. The van der Waals surface area contributed by atoms with Crippen molar-refractivity contribution in [3.63, 3.8) is 0 Å². The van der Waals surface area contributed by atoms with Crippen LogP contribution in [0.3, 0.4) is 0 Å². The van der Waals surface area contributed by atoms with E-state index in [9.17, 15) is 14.4 Å². The highest BCUT2D eigenvalue weighted by atomic mass is 16.6. The molecule has 0 aliphatic carbocycles. The third-order valence-corrected chi connectivity index (χ3v) is 8.79. The van der Waals surface area contributed by atoms with Crippen molar-refractivity contribution in [3.05, 3.63) is 180 Å². The number of hydrogen-bond donors (Lipinski definition) is 1. The van der Waals surface area contributed by atoms with E-state index in [4.69, 9.17) is 19.9 Å². The van der Waals surface area contributed by atoms with Crippen LogP contribution in [0.1, 0.15) is 16.7 Å². The normalized spacial score (nSPS) is 11.0. The molecule has 0 atom stereocenters. The average molecular weight is 704 g/mol. The van der Waals surface area contributed by atoms with Gasteiger partial charge in [-0.15, -0.1) is 0 Å². The minimum absolute atomic E-state index is 0.0165. The molecule has 0 aliphatic heterocycles. The lowest BCUT2D eigenvalue weighted by molar-refractivity contribution is -0.154. The second-order valence-electron chi connectivity index (χ2n) is 13.1. The van der Waals surface area contributed by atoms with Crippen molar-refractivity contribution in [2.45, 2.75) is 24.8 Å². The maximum Gasteiger partial charge on any atom is 0.310 e. The Morgan fingerprint density at radius 1 is 0.358 bits per heavy atom. The van der Waals surface area contributed by atoms with Gasteiger partial charge in [-0.2, -0.15) is 0 Å². The fraction of sp³-hybridized carbons (Fsp3) is 0.152. The lowest BCUT2D eigenvalue weighted by Crippen LogP contribution is -2.54. The van der Waals surface area contributed by atoms with E-state index in [0.29, 0.717) is 0 Å². The summed E-state index contributed by atoms with van der Waals surface area (Å²) in [6.07, 6.45) is 0.0496. The van der Waals surface area contributed by atoms with Gasteiger partial charge in [0.1, 0.15) is 25.4 Å². The SMILES string of the molecule is NC(COC(=O)Cc1ccc(-c2ccccc2)cc1)(COC(=O)Cc1ccc(-c2ccccc2)cc1)COC(=O)Cc1ccc(-c2ccccc2)cc1. The molecule has 53 heavy (non-hydrogen) atoms. The molecule has 7 nitrogen and oxygen atoms in total. The first-order valence-corrected chi connectivity index (χ1v) is 17.5. The van der Waals surface area contributed by atoms with Gasteiger partial charge in [-0.1, -0.05) is 164 Å². The van der Waals surface area contributed by atoms with E-state index in [0.717, 1.165) is 50.1 Å². The van der Waals surface area contributed by atoms with Gasteiger partial charge in [0.05, 0.1) is 19.3 Å². The minimum atomic E-state index is -1.48. The Hall–Kier alpha value is -6.31. The van der Waals surface area contributed by atoms with E-state index in [-0.39, 0.29) is 39.1 Å². The first-order chi connectivity index (χ1) is 25.8. The first kappa shape index (κ1) is 36.5. The van der Waals surface area contributed by atoms with Gasteiger partial charge in [-0.3, -0.25) is 14.4 Å². The van der Waals surface area contributed by atoms with Crippen molar-refractivity contribution in [2.24, 2.45) is 5.73 Å². The van der Waals surface area contributed by atoms with E-state index in [1.807, 2.05) is 164 Å². The van der Waals surface area contributed by atoms with Crippen LogP contribution >= 0.6 is 0 Å². The van der Waals surface area contributed by atoms with Crippen molar-refractivity contribution < 1.29 is 28.6 Å². The van der Waals surface area contributed by atoms with Gasteiger partial charge < -0.3 is 19.9 Å². The van der Waals surface area contributed by atoms with Crippen molar-refractivity contribution in [1.82, 2.24) is 0 Å².